The number of halogens is 1. The van der Waals surface area contributed by atoms with E-state index >= 15 is 0 Å². The summed E-state index contributed by atoms with van der Waals surface area (Å²) >= 11 is 7.47. The normalized spacial score (nSPS) is 12.9. The summed E-state index contributed by atoms with van der Waals surface area (Å²) in [5.41, 5.74) is 6.87. The van der Waals surface area contributed by atoms with Gasteiger partial charge in [-0.15, -0.1) is 11.8 Å². The van der Waals surface area contributed by atoms with Crippen molar-refractivity contribution in [2.45, 2.75) is 18.1 Å². The quantitative estimate of drug-likeness (QED) is 0.762. The Balaban J connectivity index is 2.48. The standard InChI is InChI=1S/C9H12ClNS/c1-7(11)12-6-8-2-4-9(10)5-3-8/h2-5,7H,6,11H2,1H3. The molecule has 1 nitrogen and oxygen atoms in total. The van der Waals surface area contributed by atoms with E-state index in [1.807, 2.05) is 31.2 Å². The number of rotatable bonds is 3. The van der Waals surface area contributed by atoms with Gasteiger partial charge in [0.25, 0.3) is 0 Å². The fourth-order valence-corrected chi connectivity index (χ4v) is 1.58. The second-order valence-corrected chi connectivity index (χ2v) is 4.44. The fourth-order valence-electron chi connectivity index (χ4n) is 0.808. The predicted octanol–water partition coefficient (Wildman–Crippen LogP) is 2.88. The Kier molecular flexibility index (Phi) is 3.92. The molecule has 0 aliphatic rings. The summed E-state index contributed by atoms with van der Waals surface area (Å²) in [6.45, 7) is 1.99. The van der Waals surface area contributed by atoms with E-state index < -0.39 is 0 Å². The SMILES string of the molecule is CC(N)SCc1ccc(Cl)cc1. The van der Waals surface area contributed by atoms with E-state index in [9.17, 15) is 0 Å². The Labute approximate surface area is 82.3 Å². The van der Waals surface area contributed by atoms with Crippen LogP contribution in [0.15, 0.2) is 24.3 Å². The molecule has 2 N–H and O–H groups in total. The van der Waals surface area contributed by atoms with Gasteiger partial charge in [-0.1, -0.05) is 23.7 Å². The van der Waals surface area contributed by atoms with Gasteiger partial charge < -0.3 is 5.73 Å². The molecular weight excluding hydrogens is 190 g/mol. The number of hydrogen-bond acceptors (Lipinski definition) is 2. The molecule has 1 rings (SSSR count). The lowest BCUT2D eigenvalue weighted by atomic mass is 10.2. The molecule has 0 spiro atoms. The van der Waals surface area contributed by atoms with Gasteiger partial charge in [-0.05, 0) is 24.6 Å². The van der Waals surface area contributed by atoms with Gasteiger partial charge in [0, 0.05) is 16.1 Å². The van der Waals surface area contributed by atoms with Crippen LogP contribution >= 0.6 is 23.4 Å². The van der Waals surface area contributed by atoms with Crippen LogP contribution in [0.2, 0.25) is 5.02 Å². The first-order valence-electron chi connectivity index (χ1n) is 3.80. The Morgan fingerprint density at radius 3 is 2.50 bits per heavy atom. The molecular formula is C9H12ClNS. The van der Waals surface area contributed by atoms with Crippen LogP contribution in [-0.4, -0.2) is 5.37 Å². The highest BCUT2D eigenvalue weighted by Gasteiger charge is 1.96. The molecule has 0 saturated carbocycles. The molecule has 3 heteroatoms. The number of benzene rings is 1. The third-order valence-electron chi connectivity index (χ3n) is 1.43. The highest BCUT2D eigenvalue weighted by atomic mass is 35.5. The number of hydrogen-bond donors (Lipinski definition) is 1. The molecule has 0 bridgehead atoms. The molecule has 0 saturated heterocycles. The highest BCUT2D eigenvalue weighted by Crippen LogP contribution is 2.16. The van der Waals surface area contributed by atoms with E-state index in [1.165, 1.54) is 5.56 Å². The molecule has 0 radical (unpaired) electrons. The molecule has 12 heavy (non-hydrogen) atoms. The molecule has 0 heterocycles. The largest absolute Gasteiger partial charge is 0.320 e. The Bertz CT molecular complexity index is 233. The monoisotopic (exact) mass is 201 g/mol. The zero-order valence-corrected chi connectivity index (χ0v) is 8.53. The average molecular weight is 202 g/mol. The summed E-state index contributed by atoms with van der Waals surface area (Å²) in [7, 11) is 0. The van der Waals surface area contributed by atoms with Gasteiger partial charge in [0.1, 0.15) is 0 Å². The maximum absolute atomic E-state index is 5.74. The van der Waals surface area contributed by atoms with Crippen LogP contribution < -0.4 is 5.73 Å². The molecule has 1 aromatic carbocycles. The first-order chi connectivity index (χ1) is 5.68. The highest BCUT2D eigenvalue weighted by molar-refractivity contribution is 7.99. The fraction of sp³-hybridized carbons (Fsp3) is 0.333. The number of thioether (sulfide) groups is 1. The molecule has 1 atom stereocenters. The Hall–Kier alpha value is -0.180. The third-order valence-corrected chi connectivity index (χ3v) is 2.70. The average Bonchev–Trinajstić information content (AvgIpc) is 2.03. The number of nitrogens with two attached hydrogens (primary N) is 1. The van der Waals surface area contributed by atoms with Crippen molar-refractivity contribution in [1.82, 2.24) is 0 Å². The van der Waals surface area contributed by atoms with Crippen molar-refractivity contribution < 1.29 is 0 Å². The van der Waals surface area contributed by atoms with Gasteiger partial charge in [0.05, 0.1) is 0 Å². The Morgan fingerprint density at radius 1 is 1.42 bits per heavy atom. The van der Waals surface area contributed by atoms with Crippen LogP contribution in [0.1, 0.15) is 12.5 Å². The maximum Gasteiger partial charge on any atom is 0.0481 e. The zero-order valence-electron chi connectivity index (χ0n) is 6.96. The van der Waals surface area contributed by atoms with Crippen LogP contribution in [0.25, 0.3) is 0 Å². The van der Waals surface area contributed by atoms with Crippen LogP contribution in [0, 0.1) is 0 Å². The van der Waals surface area contributed by atoms with Crippen LogP contribution in [0.5, 0.6) is 0 Å². The van der Waals surface area contributed by atoms with Gasteiger partial charge in [-0.3, -0.25) is 0 Å². The molecule has 0 aliphatic carbocycles. The van der Waals surface area contributed by atoms with Gasteiger partial charge in [-0.25, -0.2) is 0 Å². The Morgan fingerprint density at radius 2 is 2.00 bits per heavy atom. The van der Waals surface area contributed by atoms with Gasteiger partial charge in [0.2, 0.25) is 0 Å². The summed E-state index contributed by atoms with van der Waals surface area (Å²) in [4.78, 5) is 0. The first kappa shape index (κ1) is 9.90. The topological polar surface area (TPSA) is 26.0 Å². The first-order valence-corrected chi connectivity index (χ1v) is 5.23. The van der Waals surface area contributed by atoms with Crippen LogP contribution in [0.3, 0.4) is 0 Å². The van der Waals surface area contributed by atoms with E-state index in [2.05, 4.69) is 0 Å². The minimum absolute atomic E-state index is 0.195. The van der Waals surface area contributed by atoms with Crippen molar-refractivity contribution in [1.29, 1.82) is 0 Å². The molecule has 0 aromatic heterocycles. The van der Waals surface area contributed by atoms with Crippen molar-refractivity contribution in [3.63, 3.8) is 0 Å². The van der Waals surface area contributed by atoms with Crippen LogP contribution in [-0.2, 0) is 5.75 Å². The van der Waals surface area contributed by atoms with E-state index in [4.69, 9.17) is 17.3 Å². The smallest absolute Gasteiger partial charge is 0.0481 e. The molecule has 0 aliphatic heterocycles. The van der Waals surface area contributed by atoms with Crippen molar-refractivity contribution in [3.8, 4) is 0 Å². The zero-order chi connectivity index (χ0) is 8.97. The second-order valence-electron chi connectivity index (χ2n) is 2.64. The third kappa shape index (κ3) is 3.48. The van der Waals surface area contributed by atoms with E-state index in [0.717, 1.165) is 10.8 Å². The van der Waals surface area contributed by atoms with Crippen molar-refractivity contribution in [3.05, 3.63) is 34.9 Å². The van der Waals surface area contributed by atoms with Crippen LogP contribution in [0.4, 0.5) is 0 Å². The van der Waals surface area contributed by atoms with Crippen molar-refractivity contribution in [2.75, 3.05) is 0 Å². The lowest BCUT2D eigenvalue weighted by Crippen LogP contribution is -2.09. The van der Waals surface area contributed by atoms with E-state index in [0.29, 0.717) is 0 Å². The van der Waals surface area contributed by atoms with E-state index in [1.54, 1.807) is 11.8 Å². The van der Waals surface area contributed by atoms with Crippen molar-refractivity contribution in [2.24, 2.45) is 5.73 Å². The van der Waals surface area contributed by atoms with E-state index in [-0.39, 0.29) is 5.37 Å². The summed E-state index contributed by atoms with van der Waals surface area (Å²) in [6.07, 6.45) is 0. The lowest BCUT2D eigenvalue weighted by Gasteiger charge is -2.04. The lowest BCUT2D eigenvalue weighted by molar-refractivity contribution is 1.04. The van der Waals surface area contributed by atoms with Gasteiger partial charge in [0.15, 0.2) is 0 Å². The summed E-state index contributed by atoms with van der Waals surface area (Å²) < 4.78 is 0. The molecule has 0 fully saturated rings. The maximum atomic E-state index is 5.74. The minimum Gasteiger partial charge on any atom is -0.320 e. The molecule has 1 aromatic rings. The predicted molar refractivity (Wildman–Crippen MR) is 56.4 cm³/mol. The summed E-state index contributed by atoms with van der Waals surface area (Å²) in [5.74, 6) is 0.953. The second kappa shape index (κ2) is 4.75. The summed E-state index contributed by atoms with van der Waals surface area (Å²) in [5, 5.41) is 0.977. The molecule has 0 amide bonds. The van der Waals surface area contributed by atoms with Gasteiger partial charge >= 0.3 is 0 Å². The molecule has 66 valence electrons. The molecule has 1 unspecified atom stereocenters. The van der Waals surface area contributed by atoms with Gasteiger partial charge in [-0.2, -0.15) is 0 Å². The minimum atomic E-state index is 0.195. The van der Waals surface area contributed by atoms with Crippen molar-refractivity contribution >= 4 is 23.4 Å². The summed E-state index contributed by atoms with van der Waals surface area (Å²) in [6, 6.07) is 7.85.